The molecule has 5 rings (SSSR count). The average molecular weight is 562 g/mol. The molecule has 0 N–H and O–H groups in total. The molecule has 0 spiro atoms. The summed E-state index contributed by atoms with van der Waals surface area (Å²) in [5, 5.41) is 10.8. The third-order valence-corrected chi connectivity index (χ3v) is 8.23. The predicted octanol–water partition coefficient (Wildman–Crippen LogP) is 8.05. The number of non-ortho nitro benzene ring substituents is 1. The van der Waals surface area contributed by atoms with Gasteiger partial charge in [0.25, 0.3) is 16.8 Å². The number of nitrogens with zero attached hydrogens (tertiary/aromatic N) is 3. The molecule has 190 valence electrons. The standard InChI is InChI=1S/C28H20ClN3O4S2/c1-17-15-19(16-26-27(33)31(28(34)38-26)25-6-4-3-5-24(25)29)18(2)30(17)20-7-11-22(12-8-20)37-23-13-9-21(10-14-23)32(35)36/h3-16H,1-2H3/b26-16-. The summed E-state index contributed by atoms with van der Waals surface area (Å²) in [6.45, 7) is 3.95. The van der Waals surface area contributed by atoms with E-state index in [9.17, 15) is 19.7 Å². The highest BCUT2D eigenvalue weighted by molar-refractivity contribution is 8.19. The first-order valence-electron chi connectivity index (χ1n) is 11.5. The highest BCUT2D eigenvalue weighted by Gasteiger charge is 2.37. The number of aromatic nitrogens is 1. The third kappa shape index (κ3) is 5.00. The summed E-state index contributed by atoms with van der Waals surface area (Å²) in [6, 6.07) is 23.2. The normalized spacial score (nSPS) is 14.5. The van der Waals surface area contributed by atoms with E-state index in [2.05, 4.69) is 4.57 Å². The minimum Gasteiger partial charge on any atom is -0.318 e. The number of carbonyl (C=O) groups is 2. The lowest BCUT2D eigenvalue weighted by atomic mass is 10.2. The number of nitro benzene ring substituents is 1. The van der Waals surface area contributed by atoms with Gasteiger partial charge in [-0.2, -0.15) is 0 Å². The van der Waals surface area contributed by atoms with Crippen molar-refractivity contribution in [2.45, 2.75) is 23.6 Å². The van der Waals surface area contributed by atoms with Crippen molar-refractivity contribution < 1.29 is 14.5 Å². The van der Waals surface area contributed by atoms with Gasteiger partial charge in [-0.1, -0.05) is 35.5 Å². The number of carbonyl (C=O) groups excluding carboxylic acids is 2. The summed E-state index contributed by atoms with van der Waals surface area (Å²) in [4.78, 5) is 39.6. The van der Waals surface area contributed by atoms with Crippen molar-refractivity contribution in [1.29, 1.82) is 0 Å². The number of thioether (sulfide) groups is 1. The highest BCUT2D eigenvalue weighted by Crippen LogP contribution is 2.39. The van der Waals surface area contributed by atoms with Crippen molar-refractivity contribution in [3.63, 3.8) is 0 Å². The molecule has 0 radical (unpaired) electrons. The van der Waals surface area contributed by atoms with Gasteiger partial charge in [0.1, 0.15) is 0 Å². The molecule has 3 aromatic carbocycles. The third-order valence-electron chi connectivity index (χ3n) is 6.02. The Morgan fingerprint density at radius 2 is 1.58 bits per heavy atom. The SMILES string of the molecule is Cc1cc(/C=C2\SC(=O)N(c3ccccc3Cl)C2=O)c(C)n1-c1ccc(Sc2ccc([N+](=O)[O-])cc2)cc1. The van der Waals surface area contributed by atoms with Crippen LogP contribution >= 0.6 is 35.1 Å². The molecule has 0 atom stereocenters. The fourth-order valence-corrected chi connectivity index (χ4v) is 6.08. The van der Waals surface area contributed by atoms with Gasteiger partial charge >= 0.3 is 0 Å². The van der Waals surface area contributed by atoms with Crippen molar-refractivity contribution in [3.05, 3.63) is 116 Å². The first-order chi connectivity index (χ1) is 18.2. The van der Waals surface area contributed by atoms with Crippen LogP contribution in [0.2, 0.25) is 5.02 Å². The first kappa shape index (κ1) is 25.8. The molecular formula is C28H20ClN3O4S2. The molecule has 2 heterocycles. The second kappa shape index (κ2) is 10.5. The summed E-state index contributed by atoms with van der Waals surface area (Å²) in [5.74, 6) is -0.398. The van der Waals surface area contributed by atoms with Crippen molar-refractivity contribution in [1.82, 2.24) is 4.57 Å². The number of anilines is 1. The Morgan fingerprint density at radius 3 is 2.21 bits per heavy atom. The average Bonchev–Trinajstić information content (AvgIpc) is 3.33. The van der Waals surface area contributed by atoms with E-state index >= 15 is 0 Å². The second-order valence-corrected chi connectivity index (χ2v) is 11.0. The molecule has 2 amide bonds. The number of benzene rings is 3. The first-order valence-corrected chi connectivity index (χ1v) is 13.5. The van der Waals surface area contributed by atoms with Crippen LogP contribution in [0.4, 0.5) is 16.2 Å². The second-order valence-electron chi connectivity index (χ2n) is 8.48. The van der Waals surface area contributed by atoms with Crippen molar-refractivity contribution in [3.8, 4) is 5.69 Å². The van der Waals surface area contributed by atoms with Gasteiger partial charge in [-0.15, -0.1) is 0 Å². The van der Waals surface area contributed by atoms with Gasteiger partial charge < -0.3 is 4.57 Å². The fraction of sp³-hybridized carbons (Fsp3) is 0.0714. The van der Waals surface area contributed by atoms with E-state index in [-0.39, 0.29) is 10.9 Å². The van der Waals surface area contributed by atoms with Crippen LogP contribution < -0.4 is 4.90 Å². The molecule has 1 aliphatic heterocycles. The number of rotatable bonds is 6. The van der Waals surface area contributed by atoms with Crippen LogP contribution in [0, 0.1) is 24.0 Å². The van der Waals surface area contributed by atoms with E-state index in [0.29, 0.717) is 15.6 Å². The number of aryl methyl sites for hydroxylation is 1. The Hall–Kier alpha value is -3.79. The quantitative estimate of drug-likeness (QED) is 0.134. The van der Waals surface area contributed by atoms with E-state index in [1.165, 1.54) is 23.9 Å². The van der Waals surface area contributed by atoms with Crippen LogP contribution in [-0.2, 0) is 4.79 Å². The summed E-state index contributed by atoms with van der Waals surface area (Å²) in [5.41, 5.74) is 4.15. The number of hydrogen-bond acceptors (Lipinski definition) is 6. The van der Waals surface area contributed by atoms with Crippen LogP contribution in [0.1, 0.15) is 17.0 Å². The maximum absolute atomic E-state index is 13.1. The van der Waals surface area contributed by atoms with Gasteiger partial charge in [-0.25, -0.2) is 4.90 Å². The van der Waals surface area contributed by atoms with E-state index in [1.807, 2.05) is 44.2 Å². The van der Waals surface area contributed by atoms with Gasteiger partial charge in [0.15, 0.2) is 0 Å². The lowest BCUT2D eigenvalue weighted by Gasteiger charge is -2.13. The molecule has 0 unspecified atom stereocenters. The molecule has 4 aromatic rings. The number of hydrogen-bond donors (Lipinski definition) is 0. The Morgan fingerprint density at radius 1 is 0.947 bits per heavy atom. The molecule has 1 saturated heterocycles. The summed E-state index contributed by atoms with van der Waals surface area (Å²) >= 11 is 8.64. The number of halogens is 1. The van der Waals surface area contributed by atoms with Crippen molar-refractivity contribution in [2.75, 3.05) is 4.90 Å². The molecule has 1 aliphatic rings. The number of amides is 2. The zero-order valence-corrected chi connectivity index (χ0v) is 22.6. The molecule has 0 saturated carbocycles. The molecular weight excluding hydrogens is 542 g/mol. The molecule has 10 heteroatoms. The Bertz CT molecular complexity index is 1610. The maximum atomic E-state index is 13.1. The van der Waals surface area contributed by atoms with Gasteiger partial charge in [0.05, 0.1) is 20.5 Å². The zero-order valence-electron chi connectivity index (χ0n) is 20.3. The minimum atomic E-state index is -0.413. The highest BCUT2D eigenvalue weighted by atomic mass is 35.5. The number of nitro groups is 1. The van der Waals surface area contributed by atoms with Crippen LogP contribution in [-0.4, -0.2) is 20.6 Å². The Labute approximate surface area is 232 Å². The molecule has 0 aliphatic carbocycles. The zero-order chi connectivity index (χ0) is 27.0. The van der Waals surface area contributed by atoms with Gasteiger partial charge in [0, 0.05) is 39.0 Å². The van der Waals surface area contributed by atoms with Gasteiger partial charge in [-0.05, 0) is 91.8 Å². The molecule has 7 nitrogen and oxygen atoms in total. The van der Waals surface area contributed by atoms with Crippen LogP contribution in [0.25, 0.3) is 11.8 Å². The fourth-order valence-electron chi connectivity index (χ4n) is 4.22. The van der Waals surface area contributed by atoms with E-state index < -0.39 is 10.8 Å². The summed E-state index contributed by atoms with van der Waals surface area (Å²) in [7, 11) is 0. The maximum Gasteiger partial charge on any atom is 0.298 e. The van der Waals surface area contributed by atoms with Gasteiger partial charge in [-0.3, -0.25) is 19.7 Å². The summed E-state index contributed by atoms with van der Waals surface area (Å²) in [6.07, 6.45) is 1.75. The monoisotopic (exact) mass is 561 g/mol. The van der Waals surface area contributed by atoms with E-state index in [1.54, 1.807) is 42.5 Å². The predicted molar refractivity (Wildman–Crippen MR) is 152 cm³/mol. The lowest BCUT2D eigenvalue weighted by Crippen LogP contribution is -2.27. The Kier molecular flexibility index (Phi) is 7.16. The van der Waals surface area contributed by atoms with Gasteiger partial charge in [0.2, 0.25) is 0 Å². The van der Waals surface area contributed by atoms with E-state index in [0.717, 1.165) is 49.1 Å². The van der Waals surface area contributed by atoms with Crippen molar-refractivity contribution >= 4 is 63.7 Å². The molecule has 1 fully saturated rings. The lowest BCUT2D eigenvalue weighted by molar-refractivity contribution is -0.384. The Balaban J connectivity index is 1.38. The number of imide groups is 1. The largest absolute Gasteiger partial charge is 0.318 e. The van der Waals surface area contributed by atoms with Crippen LogP contribution in [0.5, 0.6) is 0 Å². The minimum absolute atomic E-state index is 0.0627. The molecule has 38 heavy (non-hydrogen) atoms. The molecule has 1 aromatic heterocycles. The molecule has 0 bridgehead atoms. The number of para-hydroxylation sites is 1. The van der Waals surface area contributed by atoms with E-state index in [4.69, 9.17) is 11.6 Å². The topological polar surface area (TPSA) is 85.5 Å². The van der Waals surface area contributed by atoms with Crippen LogP contribution in [0.15, 0.2) is 93.6 Å². The van der Waals surface area contributed by atoms with Crippen LogP contribution in [0.3, 0.4) is 0 Å². The smallest absolute Gasteiger partial charge is 0.298 e. The summed E-state index contributed by atoms with van der Waals surface area (Å²) < 4.78 is 2.09. The van der Waals surface area contributed by atoms with Crippen molar-refractivity contribution in [2.24, 2.45) is 0 Å².